The number of hydrogen-bond acceptors (Lipinski definition) is 2. The van der Waals surface area contributed by atoms with Gasteiger partial charge >= 0.3 is 0 Å². The fourth-order valence-electron chi connectivity index (χ4n) is 6.27. The molecule has 1 fully saturated rings. The fraction of sp³-hybridized carbons (Fsp3) is 0.417. The molecular formula is C24H26N2O. The number of nitrogens with two attached hydrogens (primary N) is 1. The number of rotatable bonds is 2. The largest absolute Gasteiger partial charge is 0.366 e. The summed E-state index contributed by atoms with van der Waals surface area (Å²) in [4.78, 5) is 15.9. The van der Waals surface area contributed by atoms with Gasteiger partial charge in [0.05, 0.1) is 0 Å². The summed E-state index contributed by atoms with van der Waals surface area (Å²) in [7, 11) is 0. The minimum absolute atomic E-state index is 0.259. The number of carbonyl (C=O) groups excluding carboxylic acids is 1. The summed E-state index contributed by atoms with van der Waals surface area (Å²) >= 11 is 0. The molecule has 1 amide bonds. The lowest BCUT2D eigenvalue weighted by Crippen LogP contribution is -2.41. The van der Waals surface area contributed by atoms with Crippen molar-refractivity contribution in [1.82, 2.24) is 4.98 Å². The smallest absolute Gasteiger partial charge is 0.248 e. The zero-order valence-electron chi connectivity index (χ0n) is 15.8. The number of benzene rings is 1. The van der Waals surface area contributed by atoms with Gasteiger partial charge in [-0.25, -0.2) is 0 Å². The first-order valence-corrected chi connectivity index (χ1v) is 10.1. The van der Waals surface area contributed by atoms with E-state index in [1.165, 1.54) is 47.9 Å². The molecule has 27 heavy (non-hydrogen) atoms. The number of aryl methyl sites for hydroxylation is 1. The van der Waals surface area contributed by atoms with E-state index >= 15 is 0 Å². The Morgan fingerprint density at radius 3 is 2.93 bits per heavy atom. The third-order valence-corrected chi connectivity index (χ3v) is 7.56. The van der Waals surface area contributed by atoms with Gasteiger partial charge in [0.1, 0.15) is 0 Å². The Labute approximate surface area is 160 Å². The Morgan fingerprint density at radius 1 is 1.26 bits per heavy atom. The van der Waals surface area contributed by atoms with Gasteiger partial charge in [0.25, 0.3) is 0 Å². The second-order valence-electron chi connectivity index (χ2n) is 8.74. The van der Waals surface area contributed by atoms with E-state index in [4.69, 9.17) is 5.73 Å². The number of amides is 1. The third kappa shape index (κ3) is 2.48. The van der Waals surface area contributed by atoms with Gasteiger partial charge in [0.15, 0.2) is 0 Å². The highest BCUT2D eigenvalue weighted by Crippen LogP contribution is 2.63. The van der Waals surface area contributed by atoms with Crippen molar-refractivity contribution in [2.75, 3.05) is 0 Å². The van der Waals surface area contributed by atoms with Crippen molar-refractivity contribution in [3.63, 3.8) is 0 Å². The summed E-state index contributed by atoms with van der Waals surface area (Å²) in [6, 6.07) is 10.4. The number of hydrogen-bond donors (Lipinski definition) is 1. The zero-order valence-corrected chi connectivity index (χ0v) is 15.8. The predicted octanol–water partition coefficient (Wildman–Crippen LogP) is 4.73. The molecule has 3 heteroatoms. The molecule has 0 spiro atoms. The van der Waals surface area contributed by atoms with E-state index in [-0.39, 0.29) is 11.3 Å². The van der Waals surface area contributed by atoms with Gasteiger partial charge < -0.3 is 5.73 Å². The van der Waals surface area contributed by atoms with Crippen LogP contribution in [0.3, 0.4) is 0 Å². The minimum Gasteiger partial charge on any atom is -0.366 e. The van der Waals surface area contributed by atoms with Crippen molar-refractivity contribution >= 4 is 11.5 Å². The summed E-state index contributed by atoms with van der Waals surface area (Å²) in [5.74, 6) is 1.73. The van der Waals surface area contributed by atoms with E-state index in [1.807, 2.05) is 30.6 Å². The van der Waals surface area contributed by atoms with E-state index in [0.717, 1.165) is 12.3 Å². The summed E-state index contributed by atoms with van der Waals surface area (Å²) in [6.45, 7) is 2.48. The number of pyridine rings is 1. The first-order valence-electron chi connectivity index (χ1n) is 10.1. The Balaban J connectivity index is 1.47. The standard InChI is InChI=1S/C24H26N2O/c1-24-11-10-19-18-6-5-16(23(25)27)13-15(18)4-7-20(19)22(24)9-8-21(24)17-3-2-12-26-14-17/h2-3,5-6,8,12-14,19-20,22H,4,7,9-11H2,1H3,(H2,25,27). The summed E-state index contributed by atoms with van der Waals surface area (Å²) in [5, 5.41) is 0. The van der Waals surface area contributed by atoms with Crippen LogP contribution >= 0.6 is 0 Å². The van der Waals surface area contributed by atoms with E-state index in [1.54, 1.807) is 0 Å². The first-order chi connectivity index (χ1) is 13.1. The van der Waals surface area contributed by atoms with Gasteiger partial charge in [-0.2, -0.15) is 0 Å². The Hall–Kier alpha value is -2.42. The SMILES string of the molecule is CC12CCC3c4ccc(C(N)=O)cc4CCC3C1CC=C2c1cccnc1. The maximum Gasteiger partial charge on any atom is 0.248 e. The normalized spacial score (nSPS) is 31.4. The topological polar surface area (TPSA) is 56.0 Å². The fourth-order valence-corrected chi connectivity index (χ4v) is 6.27. The molecule has 5 rings (SSSR count). The van der Waals surface area contributed by atoms with Gasteiger partial charge in [-0.3, -0.25) is 9.78 Å². The number of carbonyl (C=O) groups is 1. The quantitative estimate of drug-likeness (QED) is 0.844. The molecule has 4 unspecified atom stereocenters. The zero-order chi connectivity index (χ0) is 18.6. The lowest BCUT2D eigenvalue weighted by Gasteiger charge is -2.50. The van der Waals surface area contributed by atoms with Crippen molar-refractivity contribution in [1.29, 1.82) is 0 Å². The summed E-state index contributed by atoms with van der Waals surface area (Å²) in [5.41, 5.74) is 12.0. The molecule has 2 N–H and O–H groups in total. The third-order valence-electron chi connectivity index (χ3n) is 7.56. The van der Waals surface area contributed by atoms with Gasteiger partial charge in [0, 0.05) is 18.0 Å². The van der Waals surface area contributed by atoms with Crippen LogP contribution in [0, 0.1) is 17.3 Å². The highest BCUT2D eigenvalue weighted by Gasteiger charge is 2.51. The number of allylic oxidation sites excluding steroid dienone is 2. The molecule has 1 saturated carbocycles. The molecular weight excluding hydrogens is 332 g/mol. The number of fused-ring (bicyclic) bond motifs is 5. The van der Waals surface area contributed by atoms with Crippen LogP contribution in [0.15, 0.2) is 48.8 Å². The van der Waals surface area contributed by atoms with Crippen molar-refractivity contribution in [3.05, 3.63) is 71.1 Å². The number of nitrogens with zero attached hydrogens (tertiary/aromatic N) is 1. The Morgan fingerprint density at radius 2 is 2.15 bits per heavy atom. The molecule has 0 saturated heterocycles. The molecule has 2 aromatic rings. The lowest BCUT2D eigenvalue weighted by molar-refractivity contribution is 0.0885. The summed E-state index contributed by atoms with van der Waals surface area (Å²) in [6.07, 6.45) is 12.3. The Kier molecular flexibility index (Phi) is 3.75. The number of aromatic nitrogens is 1. The van der Waals surface area contributed by atoms with Crippen LogP contribution in [-0.4, -0.2) is 10.9 Å². The molecule has 3 aliphatic rings. The highest BCUT2D eigenvalue weighted by molar-refractivity contribution is 5.93. The maximum atomic E-state index is 11.5. The maximum absolute atomic E-state index is 11.5. The molecule has 4 atom stereocenters. The summed E-state index contributed by atoms with van der Waals surface area (Å²) < 4.78 is 0. The van der Waals surface area contributed by atoms with E-state index < -0.39 is 0 Å². The minimum atomic E-state index is -0.322. The molecule has 0 bridgehead atoms. The van der Waals surface area contributed by atoms with E-state index in [9.17, 15) is 4.79 Å². The highest BCUT2D eigenvalue weighted by atomic mass is 16.1. The average molecular weight is 358 g/mol. The van der Waals surface area contributed by atoms with Crippen LogP contribution in [0.4, 0.5) is 0 Å². The van der Waals surface area contributed by atoms with Gasteiger partial charge in [-0.05, 0) is 95.7 Å². The van der Waals surface area contributed by atoms with Crippen LogP contribution < -0.4 is 5.73 Å². The van der Waals surface area contributed by atoms with Crippen LogP contribution in [-0.2, 0) is 6.42 Å². The van der Waals surface area contributed by atoms with Gasteiger partial charge in [-0.1, -0.05) is 25.1 Å². The van der Waals surface area contributed by atoms with Crippen molar-refractivity contribution < 1.29 is 4.79 Å². The molecule has 3 aliphatic carbocycles. The van der Waals surface area contributed by atoms with E-state index in [2.05, 4.69) is 30.1 Å². The van der Waals surface area contributed by atoms with Crippen LogP contribution in [0.25, 0.3) is 5.57 Å². The Bertz CT molecular complexity index is 933. The molecule has 0 aliphatic heterocycles. The van der Waals surface area contributed by atoms with Gasteiger partial charge in [0.2, 0.25) is 5.91 Å². The van der Waals surface area contributed by atoms with Crippen molar-refractivity contribution in [3.8, 4) is 0 Å². The molecule has 138 valence electrons. The molecule has 1 aromatic carbocycles. The number of primary amides is 1. The van der Waals surface area contributed by atoms with E-state index in [0.29, 0.717) is 17.4 Å². The van der Waals surface area contributed by atoms with Crippen molar-refractivity contribution in [2.24, 2.45) is 23.0 Å². The second-order valence-corrected chi connectivity index (χ2v) is 8.74. The van der Waals surface area contributed by atoms with Crippen LogP contribution in [0.1, 0.15) is 65.6 Å². The first kappa shape index (κ1) is 16.7. The van der Waals surface area contributed by atoms with Crippen LogP contribution in [0.2, 0.25) is 0 Å². The molecule has 1 heterocycles. The van der Waals surface area contributed by atoms with Crippen molar-refractivity contribution in [2.45, 2.75) is 44.9 Å². The monoisotopic (exact) mass is 358 g/mol. The average Bonchev–Trinajstić information content (AvgIpc) is 3.05. The molecule has 1 aromatic heterocycles. The lowest BCUT2D eigenvalue weighted by atomic mass is 9.54. The molecule has 3 nitrogen and oxygen atoms in total. The molecule has 0 radical (unpaired) electrons. The predicted molar refractivity (Wildman–Crippen MR) is 107 cm³/mol. The van der Waals surface area contributed by atoms with Gasteiger partial charge in [-0.15, -0.1) is 0 Å². The van der Waals surface area contributed by atoms with Crippen LogP contribution in [0.5, 0.6) is 0 Å². The second kappa shape index (κ2) is 6.05.